The van der Waals surface area contributed by atoms with Gasteiger partial charge in [0.15, 0.2) is 0 Å². The van der Waals surface area contributed by atoms with Crippen molar-refractivity contribution in [3.8, 4) is 0 Å². The minimum Gasteiger partial charge on any atom is -0.398 e. The first-order valence-electron chi connectivity index (χ1n) is 6.18. The van der Waals surface area contributed by atoms with Gasteiger partial charge in [0.05, 0.1) is 5.69 Å². The summed E-state index contributed by atoms with van der Waals surface area (Å²) in [6.45, 7) is 2.69. The SMILES string of the molecule is CC1CCC(CNS(=O)(=O)c2cnccc2N)C1. The van der Waals surface area contributed by atoms with E-state index in [4.69, 9.17) is 5.73 Å². The van der Waals surface area contributed by atoms with Crippen LogP contribution in [0, 0.1) is 11.8 Å². The Bertz CT molecular complexity index is 516. The van der Waals surface area contributed by atoms with Crippen molar-refractivity contribution in [2.24, 2.45) is 11.8 Å². The van der Waals surface area contributed by atoms with Crippen LogP contribution in [-0.4, -0.2) is 19.9 Å². The maximum Gasteiger partial charge on any atom is 0.244 e. The van der Waals surface area contributed by atoms with Crippen molar-refractivity contribution in [2.45, 2.75) is 31.1 Å². The summed E-state index contributed by atoms with van der Waals surface area (Å²) in [7, 11) is -3.53. The van der Waals surface area contributed by atoms with Gasteiger partial charge in [0, 0.05) is 18.9 Å². The molecule has 0 aromatic carbocycles. The molecule has 1 heterocycles. The Morgan fingerprint density at radius 2 is 2.28 bits per heavy atom. The standard InChI is InChI=1S/C12H19N3O2S/c1-9-2-3-10(6-9)7-15-18(16,17)12-8-14-5-4-11(12)13/h4-5,8-10,15H,2-3,6-7H2,1H3,(H2,13,14). The molecule has 18 heavy (non-hydrogen) atoms. The van der Waals surface area contributed by atoms with Gasteiger partial charge in [0.2, 0.25) is 10.0 Å². The number of sulfonamides is 1. The quantitative estimate of drug-likeness (QED) is 0.864. The Labute approximate surface area is 108 Å². The molecule has 1 fully saturated rings. The molecule has 0 aliphatic heterocycles. The zero-order valence-electron chi connectivity index (χ0n) is 10.5. The lowest BCUT2D eigenvalue weighted by Crippen LogP contribution is -2.29. The highest BCUT2D eigenvalue weighted by Gasteiger charge is 2.24. The fourth-order valence-corrected chi connectivity index (χ4v) is 3.62. The summed E-state index contributed by atoms with van der Waals surface area (Å²) in [5.41, 5.74) is 5.89. The largest absolute Gasteiger partial charge is 0.398 e. The van der Waals surface area contributed by atoms with E-state index in [0.29, 0.717) is 18.4 Å². The van der Waals surface area contributed by atoms with Gasteiger partial charge in [-0.25, -0.2) is 13.1 Å². The van der Waals surface area contributed by atoms with Crippen molar-refractivity contribution in [3.63, 3.8) is 0 Å². The van der Waals surface area contributed by atoms with E-state index >= 15 is 0 Å². The molecule has 0 saturated heterocycles. The second-order valence-electron chi connectivity index (χ2n) is 5.05. The molecule has 0 bridgehead atoms. The molecule has 2 atom stereocenters. The van der Waals surface area contributed by atoms with Crippen molar-refractivity contribution in [1.82, 2.24) is 9.71 Å². The number of pyridine rings is 1. The third kappa shape index (κ3) is 3.00. The van der Waals surface area contributed by atoms with Crippen molar-refractivity contribution < 1.29 is 8.42 Å². The molecule has 6 heteroatoms. The number of nitrogens with zero attached hydrogens (tertiary/aromatic N) is 1. The van der Waals surface area contributed by atoms with Crippen LogP contribution < -0.4 is 10.5 Å². The van der Waals surface area contributed by atoms with Gasteiger partial charge < -0.3 is 5.73 Å². The average Bonchev–Trinajstić information content (AvgIpc) is 2.73. The molecular formula is C12H19N3O2S. The van der Waals surface area contributed by atoms with Crippen LogP contribution in [0.1, 0.15) is 26.2 Å². The molecule has 2 rings (SSSR count). The number of rotatable bonds is 4. The molecule has 1 aliphatic carbocycles. The molecule has 100 valence electrons. The summed E-state index contributed by atoms with van der Waals surface area (Å²) >= 11 is 0. The van der Waals surface area contributed by atoms with Gasteiger partial charge >= 0.3 is 0 Å². The Hall–Kier alpha value is -1.14. The van der Waals surface area contributed by atoms with Gasteiger partial charge in [-0.15, -0.1) is 0 Å². The normalized spacial score (nSPS) is 24.3. The minimum atomic E-state index is -3.53. The molecule has 0 amide bonds. The predicted octanol–water partition coefficient (Wildman–Crippen LogP) is 1.38. The van der Waals surface area contributed by atoms with Crippen LogP contribution in [0.5, 0.6) is 0 Å². The number of hydrogen-bond donors (Lipinski definition) is 2. The van der Waals surface area contributed by atoms with Crippen LogP contribution in [0.15, 0.2) is 23.4 Å². The van der Waals surface area contributed by atoms with Crippen LogP contribution >= 0.6 is 0 Å². The van der Waals surface area contributed by atoms with Crippen LogP contribution in [0.2, 0.25) is 0 Å². The van der Waals surface area contributed by atoms with Gasteiger partial charge in [-0.3, -0.25) is 4.98 Å². The number of nitrogens with two attached hydrogens (primary N) is 1. The lowest BCUT2D eigenvalue weighted by atomic mass is 10.1. The second-order valence-corrected chi connectivity index (χ2v) is 6.79. The van der Waals surface area contributed by atoms with Gasteiger partial charge in [-0.1, -0.05) is 13.3 Å². The number of hydrogen-bond acceptors (Lipinski definition) is 4. The third-order valence-corrected chi connectivity index (χ3v) is 4.94. The Morgan fingerprint density at radius 1 is 1.50 bits per heavy atom. The summed E-state index contributed by atoms with van der Waals surface area (Å²) < 4.78 is 26.8. The number of nitrogens with one attached hydrogen (secondary N) is 1. The van der Waals surface area contributed by atoms with Gasteiger partial charge in [0.25, 0.3) is 0 Å². The van der Waals surface area contributed by atoms with Gasteiger partial charge in [-0.2, -0.15) is 0 Å². The van der Waals surface area contributed by atoms with Gasteiger partial charge in [0.1, 0.15) is 4.90 Å². The second kappa shape index (κ2) is 5.24. The topological polar surface area (TPSA) is 85.1 Å². The van der Waals surface area contributed by atoms with Crippen molar-refractivity contribution in [3.05, 3.63) is 18.5 Å². The lowest BCUT2D eigenvalue weighted by molar-refractivity contribution is 0.498. The fourth-order valence-electron chi connectivity index (χ4n) is 2.43. The zero-order chi connectivity index (χ0) is 13.2. The number of nitrogen functional groups attached to an aromatic ring is 1. The first kappa shape index (κ1) is 13.3. The summed E-state index contributed by atoms with van der Waals surface area (Å²) in [6, 6.07) is 1.49. The van der Waals surface area contributed by atoms with Gasteiger partial charge in [-0.05, 0) is 30.7 Å². The molecule has 1 aromatic rings. The van der Waals surface area contributed by atoms with E-state index in [2.05, 4.69) is 16.6 Å². The van der Waals surface area contributed by atoms with Crippen LogP contribution in [0.25, 0.3) is 0 Å². The molecule has 0 spiro atoms. The van der Waals surface area contributed by atoms with E-state index in [1.54, 1.807) is 0 Å². The highest BCUT2D eigenvalue weighted by molar-refractivity contribution is 7.89. The highest BCUT2D eigenvalue weighted by Crippen LogP contribution is 2.30. The fraction of sp³-hybridized carbons (Fsp3) is 0.583. The monoisotopic (exact) mass is 269 g/mol. The molecule has 5 nitrogen and oxygen atoms in total. The van der Waals surface area contributed by atoms with E-state index < -0.39 is 10.0 Å². The predicted molar refractivity (Wildman–Crippen MR) is 70.3 cm³/mol. The van der Waals surface area contributed by atoms with Crippen LogP contribution in [0.4, 0.5) is 5.69 Å². The molecule has 1 saturated carbocycles. The van der Waals surface area contributed by atoms with Crippen LogP contribution in [0.3, 0.4) is 0 Å². The average molecular weight is 269 g/mol. The molecule has 3 N–H and O–H groups in total. The number of aromatic nitrogens is 1. The Kier molecular flexibility index (Phi) is 3.87. The van der Waals surface area contributed by atoms with E-state index in [1.165, 1.54) is 24.9 Å². The number of anilines is 1. The van der Waals surface area contributed by atoms with Crippen LogP contribution in [-0.2, 0) is 10.0 Å². The van der Waals surface area contributed by atoms with E-state index in [9.17, 15) is 8.42 Å². The molecule has 1 aromatic heterocycles. The first-order chi connectivity index (χ1) is 8.49. The first-order valence-corrected chi connectivity index (χ1v) is 7.66. The maximum absolute atomic E-state index is 12.1. The van der Waals surface area contributed by atoms with E-state index in [0.717, 1.165) is 12.8 Å². The molecule has 0 radical (unpaired) electrons. The Balaban J connectivity index is 2.02. The third-order valence-electron chi connectivity index (χ3n) is 3.47. The molecular weight excluding hydrogens is 250 g/mol. The lowest BCUT2D eigenvalue weighted by Gasteiger charge is -2.12. The smallest absolute Gasteiger partial charge is 0.244 e. The molecule has 2 unspecified atom stereocenters. The summed E-state index contributed by atoms with van der Waals surface area (Å²) in [5.74, 6) is 1.13. The minimum absolute atomic E-state index is 0.0658. The summed E-state index contributed by atoms with van der Waals surface area (Å²) in [5, 5.41) is 0. The van der Waals surface area contributed by atoms with E-state index in [1.807, 2.05) is 0 Å². The molecule has 1 aliphatic rings. The summed E-state index contributed by atoms with van der Waals surface area (Å²) in [6.07, 6.45) is 6.13. The van der Waals surface area contributed by atoms with Crippen molar-refractivity contribution in [1.29, 1.82) is 0 Å². The highest BCUT2D eigenvalue weighted by atomic mass is 32.2. The van der Waals surface area contributed by atoms with Crippen molar-refractivity contribution >= 4 is 15.7 Å². The zero-order valence-corrected chi connectivity index (χ0v) is 11.3. The van der Waals surface area contributed by atoms with Crippen molar-refractivity contribution in [2.75, 3.05) is 12.3 Å². The van der Waals surface area contributed by atoms with E-state index in [-0.39, 0.29) is 10.6 Å². The Morgan fingerprint density at radius 3 is 2.89 bits per heavy atom. The maximum atomic E-state index is 12.1. The summed E-state index contributed by atoms with van der Waals surface area (Å²) in [4.78, 5) is 3.87.